The smallest absolute Gasteiger partial charge is 0.313 e. The van der Waals surface area contributed by atoms with Gasteiger partial charge < -0.3 is 15.1 Å². The summed E-state index contributed by atoms with van der Waals surface area (Å²) in [4.78, 5) is 26.3. The van der Waals surface area contributed by atoms with Crippen molar-refractivity contribution in [2.75, 3.05) is 26.0 Å². The molecule has 25 heavy (non-hydrogen) atoms. The largest absolute Gasteiger partial charge is 0.468 e. The van der Waals surface area contributed by atoms with Crippen LogP contribution >= 0.6 is 0 Å². The summed E-state index contributed by atoms with van der Waals surface area (Å²) in [5.74, 6) is -0.610. The van der Waals surface area contributed by atoms with E-state index in [-0.39, 0.29) is 12.6 Å². The number of rotatable bonds is 5. The maximum absolute atomic E-state index is 12.2. The molecule has 0 bridgehead atoms. The number of anilines is 1. The van der Waals surface area contributed by atoms with Gasteiger partial charge >= 0.3 is 11.8 Å². The maximum atomic E-state index is 12.2. The van der Waals surface area contributed by atoms with Crippen molar-refractivity contribution in [1.29, 1.82) is 0 Å². The van der Waals surface area contributed by atoms with Gasteiger partial charge in [-0.2, -0.15) is 0 Å². The first-order valence-corrected chi connectivity index (χ1v) is 8.16. The van der Waals surface area contributed by atoms with Gasteiger partial charge in [0.15, 0.2) is 0 Å². The van der Waals surface area contributed by atoms with E-state index < -0.39 is 11.8 Å². The molecule has 1 aromatic heterocycles. The highest BCUT2D eigenvalue weighted by Gasteiger charge is 2.21. The molecule has 1 aromatic carbocycles. The molecular weight excluding hydrogens is 318 g/mol. The average Bonchev–Trinajstić information content (AvgIpc) is 3.04. The van der Waals surface area contributed by atoms with Crippen molar-refractivity contribution < 1.29 is 14.0 Å². The van der Waals surface area contributed by atoms with E-state index in [1.54, 1.807) is 12.3 Å². The summed E-state index contributed by atoms with van der Waals surface area (Å²) in [5, 5.41) is 5.38. The lowest BCUT2D eigenvalue weighted by atomic mass is 10.1. The second-order valence-corrected chi connectivity index (χ2v) is 6.43. The molecule has 1 heterocycles. The summed E-state index contributed by atoms with van der Waals surface area (Å²) in [6, 6.07) is 7.44. The van der Waals surface area contributed by atoms with Crippen molar-refractivity contribution >= 4 is 17.5 Å². The Labute approximate surface area is 148 Å². The van der Waals surface area contributed by atoms with Crippen LogP contribution in [0.5, 0.6) is 0 Å². The van der Waals surface area contributed by atoms with Gasteiger partial charge in [-0.3, -0.25) is 14.5 Å². The third kappa shape index (κ3) is 4.70. The Morgan fingerprint density at radius 1 is 1.12 bits per heavy atom. The molecule has 2 aromatic rings. The summed E-state index contributed by atoms with van der Waals surface area (Å²) in [6.07, 6.45) is 1.59. The second kappa shape index (κ2) is 7.98. The Bertz CT molecular complexity index is 728. The zero-order valence-corrected chi connectivity index (χ0v) is 15.3. The van der Waals surface area contributed by atoms with Crippen molar-refractivity contribution in [2.24, 2.45) is 0 Å². The minimum Gasteiger partial charge on any atom is -0.468 e. The first-order chi connectivity index (χ1) is 11.8. The fraction of sp³-hybridized carbons (Fsp3) is 0.368. The SMILES string of the molecule is Cc1cc(C)c(NC(=O)C(=O)NCC(c2ccco2)N(C)C)c(C)c1. The number of nitrogens with zero attached hydrogens (tertiary/aromatic N) is 1. The average molecular weight is 343 g/mol. The molecule has 0 radical (unpaired) electrons. The minimum atomic E-state index is -0.674. The quantitative estimate of drug-likeness (QED) is 0.818. The number of amides is 2. The van der Waals surface area contributed by atoms with E-state index in [4.69, 9.17) is 4.42 Å². The van der Waals surface area contributed by atoms with Gasteiger partial charge in [0.25, 0.3) is 0 Å². The normalized spacial score (nSPS) is 12.1. The molecule has 2 N–H and O–H groups in total. The fourth-order valence-electron chi connectivity index (χ4n) is 2.84. The third-order valence-electron chi connectivity index (χ3n) is 4.07. The van der Waals surface area contributed by atoms with Crippen molar-refractivity contribution in [3.05, 3.63) is 53.0 Å². The molecule has 134 valence electrons. The maximum Gasteiger partial charge on any atom is 0.313 e. The van der Waals surface area contributed by atoms with E-state index >= 15 is 0 Å². The van der Waals surface area contributed by atoms with Crippen LogP contribution in [0.15, 0.2) is 34.9 Å². The Hall–Kier alpha value is -2.60. The van der Waals surface area contributed by atoms with Crippen LogP contribution in [0, 0.1) is 20.8 Å². The van der Waals surface area contributed by atoms with Gasteiger partial charge in [-0.1, -0.05) is 17.7 Å². The zero-order chi connectivity index (χ0) is 18.6. The van der Waals surface area contributed by atoms with Crippen LogP contribution < -0.4 is 10.6 Å². The molecule has 2 rings (SSSR count). The Kier molecular flexibility index (Phi) is 5.98. The molecule has 2 amide bonds. The predicted molar refractivity (Wildman–Crippen MR) is 97.4 cm³/mol. The topological polar surface area (TPSA) is 74.6 Å². The lowest BCUT2D eigenvalue weighted by Gasteiger charge is -2.22. The molecule has 0 saturated heterocycles. The highest BCUT2D eigenvalue weighted by Crippen LogP contribution is 2.22. The summed E-state index contributed by atoms with van der Waals surface area (Å²) in [6.45, 7) is 6.09. The lowest BCUT2D eigenvalue weighted by molar-refractivity contribution is -0.136. The number of hydrogen-bond donors (Lipinski definition) is 2. The lowest BCUT2D eigenvalue weighted by Crippen LogP contribution is -2.40. The van der Waals surface area contributed by atoms with Crippen LogP contribution in [0.2, 0.25) is 0 Å². The predicted octanol–water partition coefficient (Wildman–Crippen LogP) is 2.56. The first-order valence-electron chi connectivity index (χ1n) is 8.16. The monoisotopic (exact) mass is 343 g/mol. The first kappa shape index (κ1) is 18.7. The molecule has 0 aliphatic heterocycles. The van der Waals surface area contributed by atoms with Crippen molar-refractivity contribution in [1.82, 2.24) is 10.2 Å². The van der Waals surface area contributed by atoms with Crippen LogP contribution in [0.25, 0.3) is 0 Å². The van der Waals surface area contributed by atoms with Crippen molar-refractivity contribution in [3.8, 4) is 0 Å². The number of carbonyl (C=O) groups is 2. The molecule has 1 atom stereocenters. The standard InChI is InChI=1S/C19H25N3O3/c1-12-9-13(2)17(14(3)10-12)21-19(24)18(23)20-11-15(22(4)5)16-7-6-8-25-16/h6-10,15H,11H2,1-5H3,(H,20,23)(H,21,24). The van der Waals surface area contributed by atoms with Crippen LogP contribution in [0.3, 0.4) is 0 Å². The van der Waals surface area contributed by atoms with Gasteiger partial charge in [0.05, 0.1) is 12.3 Å². The van der Waals surface area contributed by atoms with Crippen LogP contribution in [-0.2, 0) is 9.59 Å². The number of hydrogen-bond acceptors (Lipinski definition) is 4. The van der Waals surface area contributed by atoms with Gasteiger partial charge in [0.2, 0.25) is 0 Å². The Morgan fingerprint density at radius 3 is 2.28 bits per heavy atom. The molecule has 0 spiro atoms. The van der Waals surface area contributed by atoms with Gasteiger partial charge in [-0.25, -0.2) is 0 Å². The number of likely N-dealkylation sites (N-methyl/N-ethyl adjacent to an activating group) is 1. The van der Waals surface area contributed by atoms with E-state index in [0.717, 1.165) is 22.5 Å². The Balaban J connectivity index is 2.00. The second-order valence-electron chi connectivity index (χ2n) is 6.43. The van der Waals surface area contributed by atoms with Gasteiger partial charge in [-0.05, 0) is 58.1 Å². The molecule has 6 heteroatoms. The number of furan rings is 1. The molecule has 0 aliphatic carbocycles. The fourth-order valence-corrected chi connectivity index (χ4v) is 2.84. The molecule has 0 aliphatic rings. The van der Waals surface area contributed by atoms with Crippen LogP contribution in [0.4, 0.5) is 5.69 Å². The molecule has 6 nitrogen and oxygen atoms in total. The number of aryl methyl sites for hydroxylation is 3. The number of nitrogens with one attached hydrogen (secondary N) is 2. The van der Waals surface area contributed by atoms with Crippen molar-refractivity contribution in [2.45, 2.75) is 26.8 Å². The highest BCUT2D eigenvalue weighted by atomic mass is 16.3. The number of carbonyl (C=O) groups excluding carboxylic acids is 2. The van der Waals surface area contributed by atoms with E-state index in [1.807, 2.05) is 58.0 Å². The molecular formula is C19H25N3O3. The molecule has 0 fully saturated rings. The summed E-state index contributed by atoms with van der Waals surface area (Å²) in [7, 11) is 3.77. The van der Waals surface area contributed by atoms with E-state index in [1.165, 1.54) is 0 Å². The molecule has 1 unspecified atom stereocenters. The summed E-state index contributed by atoms with van der Waals surface area (Å²) in [5.41, 5.74) is 3.66. The number of benzene rings is 1. The summed E-state index contributed by atoms with van der Waals surface area (Å²) < 4.78 is 5.39. The Morgan fingerprint density at radius 2 is 1.76 bits per heavy atom. The van der Waals surface area contributed by atoms with E-state index in [0.29, 0.717) is 5.69 Å². The van der Waals surface area contributed by atoms with Crippen molar-refractivity contribution in [3.63, 3.8) is 0 Å². The van der Waals surface area contributed by atoms with Gasteiger partial charge in [-0.15, -0.1) is 0 Å². The van der Waals surface area contributed by atoms with E-state index in [2.05, 4.69) is 10.6 Å². The zero-order valence-electron chi connectivity index (χ0n) is 15.3. The van der Waals surface area contributed by atoms with Crippen LogP contribution in [0.1, 0.15) is 28.5 Å². The van der Waals surface area contributed by atoms with E-state index in [9.17, 15) is 9.59 Å². The summed E-state index contributed by atoms with van der Waals surface area (Å²) >= 11 is 0. The van der Waals surface area contributed by atoms with Gasteiger partial charge in [0, 0.05) is 12.2 Å². The van der Waals surface area contributed by atoms with Crippen LogP contribution in [-0.4, -0.2) is 37.4 Å². The highest BCUT2D eigenvalue weighted by molar-refractivity contribution is 6.39. The van der Waals surface area contributed by atoms with Gasteiger partial charge in [0.1, 0.15) is 5.76 Å². The minimum absolute atomic E-state index is 0.144. The third-order valence-corrected chi connectivity index (χ3v) is 4.07. The molecule has 0 saturated carbocycles.